The van der Waals surface area contributed by atoms with Gasteiger partial charge >= 0.3 is 11.9 Å². The summed E-state index contributed by atoms with van der Waals surface area (Å²) in [7, 11) is 0. The summed E-state index contributed by atoms with van der Waals surface area (Å²) in [4.78, 5) is 26.4. The molecule has 8 heteroatoms. The number of esters is 2. The van der Waals surface area contributed by atoms with Gasteiger partial charge < -0.3 is 14.8 Å². The highest BCUT2D eigenvalue weighted by Crippen LogP contribution is 2.43. The number of allylic oxidation sites excluding steroid dienone is 2. The zero-order valence-electron chi connectivity index (χ0n) is 19.3. The second-order valence-corrected chi connectivity index (χ2v) is 8.52. The predicted octanol–water partition coefficient (Wildman–Crippen LogP) is 5.94. The number of nitriles is 1. The molecule has 0 aliphatic carbocycles. The Labute approximate surface area is 214 Å². The number of nitrogens with zero attached hydrogens (tertiary/aromatic N) is 1. The Morgan fingerprint density at radius 2 is 1.66 bits per heavy atom. The molecule has 1 aliphatic heterocycles. The van der Waals surface area contributed by atoms with Crippen molar-refractivity contribution in [1.29, 1.82) is 5.26 Å². The molecule has 0 saturated carbocycles. The number of dihydropyridines is 1. The van der Waals surface area contributed by atoms with E-state index in [0.717, 1.165) is 5.56 Å². The van der Waals surface area contributed by atoms with Crippen LogP contribution in [0.5, 0.6) is 0 Å². The number of nitrogens with one attached hydrogen (secondary N) is 1. The first kappa shape index (κ1) is 26.1. The molecule has 0 spiro atoms. The summed E-state index contributed by atoms with van der Waals surface area (Å²) in [5.41, 5.74) is 2.89. The highest BCUT2D eigenvalue weighted by Gasteiger charge is 2.39. The monoisotopic (exact) mass is 510 g/mol. The largest absolute Gasteiger partial charge is 0.461 e. The van der Waals surface area contributed by atoms with Gasteiger partial charge in [-0.2, -0.15) is 5.26 Å². The van der Waals surface area contributed by atoms with Gasteiger partial charge in [0.1, 0.15) is 13.2 Å². The molecule has 0 fully saturated rings. The van der Waals surface area contributed by atoms with E-state index in [9.17, 15) is 9.59 Å². The van der Waals surface area contributed by atoms with Gasteiger partial charge in [0.15, 0.2) is 0 Å². The van der Waals surface area contributed by atoms with Crippen LogP contribution in [0, 0.1) is 11.3 Å². The Bertz CT molecular complexity index is 1240. The second-order valence-electron chi connectivity index (χ2n) is 7.73. The molecule has 1 aliphatic rings. The summed E-state index contributed by atoms with van der Waals surface area (Å²) < 4.78 is 10.8. The topological polar surface area (TPSA) is 88.4 Å². The third-order valence-electron chi connectivity index (χ3n) is 5.36. The lowest BCUT2D eigenvalue weighted by atomic mass is 9.80. The maximum Gasteiger partial charge on any atom is 0.337 e. The molecular formula is C27H24Cl2N2O4. The number of ether oxygens (including phenoxy) is 2. The van der Waals surface area contributed by atoms with Gasteiger partial charge in [0.05, 0.1) is 39.6 Å². The van der Waals surface area contributed by atoms with Crippen molar-refractivity contribution in [2.24, 2.45) is 0 Å². The molecule has 1 heterocycles. The van der Waals surface area contributed by atoms with Gasteiger partial charge in [-0.3, -0.25) is 0 Å². The average molecular weight is 511 g/mol. The summed E-state index contributed by atoms with van der Waals surface area (Å²) in [6, 6.07) is 16.6. The van der Waals surface area contributed by atoms with Crippen molar-refractivity contribution >= 4 is 41.2 Å². The average Bonchev–Trinajstić information content (AvgIpc) is 2.83. The highest BCUT2D eigenvalue weighted by molar-refractivity contribution is 6.42. The summed E-state index contributed by atoms with van der Waals surface area (Å²) in [6.45, 7) is 3.39. The zero-order valence-corrected chi connectivity index (χ0v) is 20.8. The molecule has 0 aromatic heterocycles. The molecule has 0 radical (unpaired) electrons. The van der Waals surface area contributed by atoms with Gasteiger partial charge in [0.2, 0.25) is 0 Å². The first-order valence-corrected chi connectivity index (χ1v) is 11.7. The zero-order chi connectivity index (χ0) is 25.4. The van der Waals surface area contributed by atoms with Crippen LogP contribution < -0.4 is 5.32 Å². The number of carbonyl (C=O) groups is 2. The van der Waals surface area contributed by atoms with Crippen LogP contribution in [0.25, 0.3) is 6.08 Å². The number of carbonyl (C=O) groups excluding carboxylic acids is 2. The smallest absolute Gasteiger partial charge is 0.337 e. The van der Waals surface area contributed by atoms with Crippen LogP contribution in [0.2, 0.25) is 10.0 Å². The standard InChI is InChI=1S/C27H24Cl2N2O4/c1-17-22(26(32)34-15-7-11-19-9-4-3-5-10-19)24(20-12-6-13-21(28)25(20)29)23(18(2)31-17)27(33)35-16-8-14-30/h3-7,9-13,24,31H,8,15-16H2,1-2H3/b11-7+. The van der Waals surface area contributed by atoms with E-state index in [0.29, 0.717) is 17.0 Å². The summed E-state index contributed by atoms with van der Waals surface area (Å²) in [5.74, 6) is -2.14. The number of hydrogen-bond donors (Lipinski definition) is 1. The fourth-order valence-corrected chi connectivity index (χ4v) is 4.22. The minimum absolute atomic E-state index is 0.0329. The second kappa shape index (κ2) is 12.3. The summed E-state index contributed by atoms with van der Waals surface area (Å²) in [6.07, 6.45) is 3.63. The van der Waals surface area contributed by atoms with Gasteiger partial charge in [-0.05, 0) is 37.1 Å². The maximum absolute atomic E-state index is 13.3. The van der Waals surface area contributed by atoms with Crippen LogP contribution >= 0.6 is 23.2 Å². The molecule has 1 unspecified atom stereocenters. The highest BCUT2D eigenvalue weighted by atomic mass is 35.5. The van der Waals surface area contributed by atoms with Gasteiger partial charge in [0.25, 0.3) is 0 Å². The van der Waals surface area contributed by atoms with E-state index < -0.39 is 17.9 Å². The van der Waals surface area contributed by atoms with E-state index >= 15 is 0 Å². The third kappa shape index (κ3) is 6.33. The fourth-order valence-electron chi connectivity index (χ4n) is 3.81. The molecule has 2 aromatic rings. The molecule has 35 heavy (non-hydrogen) atoms. The first-order chi connectivity index (χ1) is 16.8. The molecule has 0 saturated heterocycles. The van der Waals surface area contributed by atoms with Crippen molar-refractivity contribution in [2.45, 2.75) is 26.2 Å². The Hall–Kier alpha value is -3.53. The van der Waals surface area contributed by atoms with E-state index in [1.807, 2.05) is 42.5 Å². The SMILES string of the molecule is CC1=C(C(=O)OC/C=C/c2ccccc2)C(c2cccc(Cl)c2Cl)C(C(=O)OCCC#N)=C(C)N1. The van der Waals surface area contributed by atoms with Crippen LogP contribution in [0.3, 0.4) is 0 Å². The molecular weight excluding hydrogens is 487 g/mol. The quantitative estimate of drug-likeness (QED) is 0.349. The van der Waals surface area contributed by atoms with Crippen LogP contribution in [-0.4, -0.2) is 25.2 Å². The van der Waals surface area contributed by atoms with Crippen molar-refractivity contribution in [2.75, 3.05) is 13.2 Å². The normalized spacial score (nSPS) is 15.6. The minimum Gasteiger partial charge on any atom is -0.461 e. The molecule has 180 valence electrons. The van der Waals surface area contributed by atoms with Crippen LogP contribution in [0.4, 0.5) is 0 Å². The van der Waals surface area contributed by atoms with E-state index in [1.165, 1.54) is 0 Å². The van der Waals surface area contributed by atoms with E-state index in [2.05, 4.69) is 5.32 Å². The molecule has 6 nitrogen and oxygen atoms in total. The third-order valence-corrected chi connectivity index (χ3v) is 6.19. The number of halogens is 2. The first-order valence-electron chi connectivity index (χ1n) is 10.9. The Morgan fingerprint density at radius 3 is 2.31 bits per heavy atom. The Kier molecular flexibility index (Phi) is 9.13. The van der Waals surface area contributed by atoms with Crippen molar-refractivity contribution in [3.05, 3.63) is 98.3 Å². The maximum atomic E-state index is 13.3. The van der Waals surface area contributed by atoms with E-state index in [-0.39, 0.29) is 40.8 Å². The van der Waals surface area contributed by atoms with Crippen molar-refractivity contribution in [1.82, 2.24) is 5.32 Å². The number of hydrogen-bond acceptors (Lipinski definition) is 6. The van der Waals surface area contributed by atoms with Gasteiger partial charge in [-0.25, -0.2) is 9.59 Å². The minimum atomic E-state index is -0.873. The van der Waals surface area contributed by atoms with E-state index in [1.54, 1.807) is 38.1 Å². The Morgan fingerprint density at radius 1 is 1.00 bits per heavy atom. The molecule has 3 rings (SSSR count). The predicted molar refractivity (Wildman–Crippen MR) is 135 cm³/mol. The number of benzene rings is 2. The molecule has 0 bridgehead atoms. The van der Waals surface area contributed by atoms with Gasteiger partial charge in [-0.15, -0.1) is 0 Å². The lowest BCUT2D eigenvalue weighted by Crippen LogP contribution is -2.32. The molecule has 0 amide bonds. The Balaban J connectivity index is 1.94. The van der Waals surface area contributed by atoms with Crippen molar-refractivity contribution < 1.29 is 19.1 Å². The van der Waals surface area contributed by atoms with Gasteiger partial charge in [0, 0.05) is 11.4 Å². The summed E-state index contributed by atoms with van der Waals surface area (Å²) >= 11 is 12.8. The number of rotatable bonds is 8. The van der Waals surface area contributed by atoms with Crippen molar-refractivity contribution in [3.8, 4) is 6.07 Å². The van der Waals surface area contributed by atoms with Crippen LogP contribution in [0.15, 0.2) is 77.1 Å². The van der Waals surface area contributed by atoms with Crippen LogP contribution in [-0.2, 0) is 19.1 Å². The van der Waals surface area contributed by atoms with E-state index in [4.69, 9.17) is 37.9 Å². The molecule has 1 N–H and O–H groups in total. The van der Waals surface area contributed by atoms with Crippen molar-refractivity contribution in [3.63, 3.8) is 0 Å². The van der Waals surface area contributed by atoms with Gasteiger partial charge in [-0.1, -0.05) is 71.7 Å². The fraction of sp³-hybridized carbons (Fsp3) is 0.222. The summed E-state index contributed by atoms with van der Waals surface area (Å²) in [5, 5.41) is 12.4. The molecule has 2 aromatic carbocycles. The molecule has 1 atom stereocenters. The lowest BCUT2D eigenvalue weighted by molar-refractivity contribution is -0.139. The van der Waals surface area contributed by atoms with Crippen LogP contribution in [0.1, 0.15) is 37.3 Å². The lowest BCUT2D eigenvalue weighted by Gasteiger charge is -2.31.